The van der Waals surface area contributed by atoms with Crippen LogP contribution in [0.5, 0.6) is 5.75 Å². The van der Waals surface area contributed by atoms with Crippen LogP contribution in [0, 0.1) is 6.92 Å². The van der Waals surface area contributed by atoms with E-state index in [1.807, 2.05) is 32.9 Å². The minimum absolute atomic E-state index is 0.220. The van der Waals surface area contributed by atoms with Gasteiger partial charge in [-0.3, -0.25) is 4.98 Å². The molecule has 0 spiro atoms. The van der Waals surface area contributed by atoms with E-state index in [-0.39, 0.29) is 6.10 Å². The first-order chi connectivity index (χ1) is 6.93. The van der Waals surface area contributed by atoms with E-state index in [0.717, 1.165) is 11.4 Å². The maximum Gasteiger partial charge on any atom is 0.379 e. The molecule has 0 fully saturated rings. The van der Waals surface area contributed by atoms with Crippen LogP contribution in [0.1, 0.15) is 19.5 Å². The third-order valence-corrected chi connectivity index (χ3v) is 1.32. The van der Waals surface area contributed by atoms with Crippen LogP contribution in [-0.4, -0.2) is 17.8 Å². The Hall–Kier alpha value is -1.26. The van der Waals surface area contributed by atoms with Crippen LogP contribution < -0.4 is 4.74 Å². The predicted molar refractivity (Wildman–Crippen MR) is 51.9 cm³/mol. The molecule has 0 aliphatic carbocycles. The van der Waals surface area contributed by atoms with Gasteiger partial charge in [0.05, 0.1) is 11.8 Å². The summed E-state index contributed by atoms with van der Waals surface area (Å²) in [5.41, 5.74) is 0.946. The van der Waals surface area contributed by atoms with E-state index in [1.165, 1.54) is 0 Å². The number of hydrogen-bond acceptors (Lipinski definition) is 2. The van der Waals surface area contributed by atoms with E-state index < -0.39 is 6.68 Å². The van der Waals surface area contributed by atoms with Crippen LogP contribution in [0.3, 0.4) is 0 Å². The third kappa shape index (κ3) is 7.78. The topological polar surface area (TPSA) is 22.1 Å². The van der Waals surface area contributed by atoms with Crippen molar-refractivity contribution in [2.45, 2.75) is 33.6 Å². The standard InChI is InChI=1S/C9H13NO.CHF3/c1-7(2)11-9-5-4-6-10-8(9)3;2-1(3)4/h4-7H,1-3H3;1H. The number of alkyl halides is 3. The quantitative estimate of drug-likeness (QED) is 0.764. The molecule has 2 nitrogen and oxygen atoms in total. The zero-order valence-corrected chi connectivity index (χ0v) is 8.88. The predicted octanol–water partition coefficient (Wildman–Crippen LogP) is 3.36. The van der Waals surface area contributed by atoms with Crippen molar-refractivity contribution in [3.05, 3.63) is 24.0 Å². The van der Waals surface area contributed by atoms with Crippen molar-refractivity contribution in [3.8, 4) is 5.75 Å². The first-order valence-electron chi connectivity index (χ1n) is 4.44. The molecular formula is C10H14F3NO. The molecule has 0 aliphatic heterocycles. The number of aryl methyl sites for hydroxylation is 1. The number of pyridine rings is 1. The van der Waals surface area contributed by atoms with Crippen LogP contribution in [0.2, 0.25) is 0 Å². The number of nitrogens with zero attached hydrogens (tertiary/aromatic N) is 1. The maximum atomic E-state index is 9.67. The molecular weight excluding hydrogens is 207 g/mol. The summed E-state index contributed by atoms with van der Waals surface area (Å²) >= 11 is 0. The Morgan fingerprint density at radius 1 is 1.27 bits per heavy atom. The first kappa shape index (κ1) is 13.7. The Bertz CT molecular complexity index is 276. The van der Waals surface area contributed by atoms with Crippen molar-refractivity contribution < 1.29 is 17.9 Å². The van der Waals surface area contributed by atoms with Gasteiger partial charge in [0.1, 0.15) is 5.75 Å². The summed E-state index contributed by atoms with van der Waals surface area (Å²) in [5, 5.41) is 0. The molecule has 0 bridgehead atoms. The summed E-state index contributed by atoms with van der Waals surface area (Å²) in [6.45, 7) is 2.29. The third-order valence-electron chi connectivity index (χ3n) is 1.32. The summed E-state index contributed by atoms with van der Waals surface area (Å²) in [6.07, 6.45) is 1.99. The molecule has 0 N–H and O–H groups in total. The van der Waals surface area contributed by atoms with Crippen LogP contribution >= 0.6 is 0 Å². The van der Waals surface area contributed by atoms with Gasteiger partial charge in [0.15, 0.2) is 0 Å². The summed E-state index contributed by atoms with van der Waals surface area (Å²) in [4.78, 5) is 4.11. The lowest BCUT2D eigenvalue weighted by Gasteiger charge is -2.10. The highest BCUT2D eigenvalue weighted by molar-refractivity contribution is 5.25. The lowest BCUT2D eigenvalue weighted by atomic mass is 10.3. The van der Waals surface area contributed by atoms with Gasteiger partial charge in [0.2, 0.25) is 0 Å². The van der Waals surface area contributed by atoms with Gasteiger partial charge in [0, 0.05) is 6.20 Å². The molecule has 0 unspecified atom stereocenters. The normalized spacial score (nSPS) is 9.87. The van der Waals surface area contributed by atoms with E-state index in [9.17, 15) is 13.2 Å². The molecule has 0 amide bonds. The molecule has 0 radical (unpaired) electrons. The molecule has 0 aliphatic rings. The van der Waals surface area contributed by atoms with Gasteiger partial charge in [-0.2, -0.15) is 13.2 Å². The minimum atomic E-state index is -3.67. The Labute approximate surface area is 87.1 Å². The second-order valence-corrected chi connectivity index (χ2v) is 3.00. The Kier molecular flexibility index (Phi) is 6.49. The van der Waals surface area contributed by atoms with Crippen molar-refractivity contribution in [2.75, 3.05) is 0 Å². The average molecular weight is 221 g/mol. The molecule has 1 aromatic rings. The average Bonchev–Trinajstić information content (AvgIpc) is 2.07. The SMILES string of the molecule is Cc1ncccc1OC(C)C.FC(F)F. The minimum Gasteiger partial charge on any atom is -0.489 e. The van der Waals surface area contributed by atoms with Crippen LogP contribution in [-0.2, 0) is 0 Å². The number of aromatic nitrogens is 1. The highest BCUT2D eigenvalue weighted by atomic mass is 19.4. The Balaban J connectivity index is 0.000000423. The number of rotatable bonds is 2. The molecule has 1 heterocycles. The van der Waals surface area contributed by atoms with Gasteiger partial charge in [-0.25, -0.2) is 0 Å². The second kappa shape index (κ2) is 7.09. The van der Waals surface area contributed by atoms with E-state index in [1.54, 1.807) is 6.20 Å². The highest BCUT2D eigenvalue weighted by Gasteiger charge is 1.99. The Morgan fingerprint density at radius 3 is 2.20 bits per heavy atom. The zero-order chi connectivity index (χ0) is 11.8. The van der Waals surface area contributed by atoms with Gasteiger partial charge in [-0.15, -0.1) is 0 Å². The molecule has 0 atom stereocenters. The molecule has 5 heteroatoms. The molecule has 0 saturated carbocycles. The van der Waals surface area contributed by atoms with Gasteiger partial charge in [-0.1, -0.05) is 0 Å². The van der Waals surface area contributed by atoms with Crippen LogP contribution in [0.4, 0.5) is 13.2 Å². The monoisotopic (exact) mass is 221 g/mol. The fourth-order valence-corrected chi connectivity index (χ4v) is 0.848. The number of halogens is 3. The molecule has 1 rings (SSSR count). The summed E-state index contributed by atoms with van der Waals surface area (Å²) in [5.74, 6) is 0.877. The summed E-state index contributed by atoms with van der Waals surface area (Å²) in [6, 6.07) is 3.81. The smallest absolute Gasteiger partial charge is 0.379 e. The number of ether oxygens (including phenoxy) is 1. The fourth-order valence-electron chi connectivity index (χ4n) is 0.848. The van der Waals surface area contributed by atoms with Crippen molar-refractivity contribution in [2.24, 2.45) is 0 Å². The van der Waals surface area contributed by atoms with E-state index in [2.05, 4.69) is 4.98 Å². The lowest BCUT2D eigenvalue weighted by molar-refractivity contribution is 0.00819. The Morgan fingerprint density at radius 2 is 1.80 bits per heavy atom. The molecule has 0 aromatic carbocycles. The van der Waals surface area contributed by atoms with E-state index in [4.69, 9.17) is 4.74 Å². The fraction of sp³-hybridized carbons (Fsp3) is 0.500. The van der Waals surface area contributed by atoms with Gasteiger partial charge < -0.3 is 4.74 Å². The van der Waals surface area contributed by atoms with Crippen molar-refractivity contribution in [3.63, 3.8) is 0 Å². The maximum absolute atomic E-state index is 9.67. The first-order valence-corrected chi connectivity index (χ1v) is 4.44. The van der Waals surface area contributed by atoms with Crippen molar-refractivity contribution >= 4 is 0 Å². The van der Waals surface area contributed by atoms with Crippen molar-refractivity contribution in [1.29, 1.82) is 0 Å². The van der Waals surface area contributed by atoms with Gasteiger partial charge >= 0.3 is 6.68 Å². The molecule has 0 saturated heterocycles. The summed E-state index contributed by atoms with van der Waals surface area (Å²) in [7, 11) is 0. The zero-order valence-electron chi connectivity index (χ0n) is 8.88. The lowest BCUT2D eigenvalue weighted by Crippen LogP contribution is -2.06. The molecule has 15 heavy (non-hydrogen) atoms. The largest absolute Gasteiger partial charge is 0.489 e. The van der Waals surface area contributed by atoms with E-state index in [0.29, 0.717) is 0 Å². The van der Waals surface area contributed by atoms with Gasteiger partial charge in [0.25, 0.3) is 0 Å². The molecule has 86 valence electrons. The second-order valence-electron chi connectivity index (χ2n) is 3.00. The van der Waals surface area contributed by atoms with Crippen LogP contribution in [0.15, 0.2) is 18.3 Å². The van der Waals surface area contributed by atoms with Crippen molar-refractivity contribution in [1.82, 2.24) is 4.98 Å². The summed E-state index contributed by atoms with van der Waals surface area (Å²) < 4.78 is 34.5. The van der Waals surface area contributed by atoms with Gasteiger partial charge in [-0.05, 0) is 32.9 Å². The van der Waals surface area contributed by atoms with Crippen LogP contribution in [0.25, 0.3) is 0 Å². The number of hydrogen-bond donors (Lipinski definition) is 0. The van der Waals surface area contributed by atoms with E-state index >= 15 is 0 Å². The molecule has 1 aromatic heterocycles. The highest BCUT2D eigenvalue weighted by Crippen LogP contribution is 2.14.